The minimum absolute atomic E-state index is 0.0770. The molecule has 9 fully saturated rings. The van der Waals surface area contributed by atoms with Crippen molar-refractivity contribution < 1.29 is 51.4 Å². The lowest BCUT2D eigenvalue weighted by Crippen LogP contribution is -2.84. The van der Waals surface area contributed by atoms with Gasteiger partial charge in [0.1, 0.15) is 0 Å². The molecule has 6 saturated carbocycles. The summed E-state index contributed by atoms with van der Waals surface area (Å²) >= 11 is 0. The molecule has 0 aromatic rings. The molecule has 6 aliphatic carbocycles. The third-order valence-electron chi connectivity index (χ3n) is 15.1. The number of rotatable bonds is 6. The quantitative estimate of drug-likeness (QED) is 0.220. The molecule has 4 atom stereocenters. The van der Waals surface area contributed by atoms with E-state index in [4.69, 9.17) is 37.0 Å². The number of hydrogen-bond donors (Lipinski definition) is 3. The van der Waals surface area contributed by atoms with E-state index >= 15 is 0 Å². The van der Waals surface area contributed by atoms with E-state index < -0.39 is 62.4 Å². The average Bonchev–Trinajstić information content (AvgIpc) is 3.21. The molecule has 0 aromatic heterocycles. The molecule has 3 heterocycles. The van der Waals surface area contributed by atoms with E-state index in [0.717, 1.165) is 193 Å². The Kier molecular flexibility index (Phi) is 12.8. The highest BCUT2D eigenvalue weighted by Crippen LogP contribution is 2.59. The summed E-state index contributed by atoms with van der Waals surface area (Å²) in [6.07, 6.45) is 28.5. The lowest BCUT2D eigenvalue weighted by Gasteiger charge is -2.61. The van der Waals surface area contributed by atoms with Crippen molar-refractivity contribution in [3.63, 3.8) is 0 Å². The van der Waals surface area contributed by atoms with Crippen LogP contribution < -0.4 is 0 Å². The van der Waals surface area contributed by atoms with E-state index in [1.165, 1.54) is 0 Å². The van der Waals surface area contributed by atoms with Gasteiger partial charge in [-0.05, 0) is 77.0 Å². The first-order valence-electron chi connectivity index (χ1n) is 23.0. The lowest BCUT2D eigenvalue weighted by molar-refractivity contribution is -0.00910. The standard InChI is InChI=1S/C36H69O12Si7/c37-49-40-52(33-23-11-3-12-24-33)42-50(38,31-19-7-1-8-20-31)44-54(35-27-15-5-16-28-35)45-51(39,32-21-9-2-10-22-32)43-53(41-49,34-25-13-4-14-26-34)47-55(46-52,48-54)36-29-17-6-18-30-36/h31-39H,1-30H2. The Balaban J connectivity index is 1.29. The first-order chi connectivity index (χ1) is 26.7. The van der Waals surface area contributed by atoms with Crippen molar-refractivity contribution in [3.8, 4) is 0 Å². The van der Waals surface area contributed by atoms with Gasteiger partial charge in [0.2, 0.25) is 0 Å². The number of hydrogen-bond acceptors (Lipinski definition) is 12. The van der Waals surface area contributed by atoms with Crippen molar-refractivity contribution in [1.29, 1.82) is 0 Å². The van der Waals surface area contributed by atoms with Crippen LogP contribution in [0, 0.1) is 0 Å². The molecule has 313 valence electrons. The summed E-state index contributed by atoms with van der Waals surface area (Å²) in [5, 5.41) is 0. The maximum absolute atomic E-state index is 13.6. The van der Waals surface area contributed by atoms with E-state index in [1.807, 2.05) is 0 Å². The van der Waals surface area contributed by atoms with E-state index in [2.05, 4.69) is 0 Å². The number of fused-ring (bicyclic) bond motifs is 3. The zero-order chi connectivity index (χ0) is 37.6. The highest BCUT2D eigenvalue weighted by molar-refractivity contribution is 6.98. The van der Waals surface area contributed by atoms with Crippen LogP contribution in [0.3, 0.4) is 0 Å². The van der Waals surface area contributed by atoms with E-state index in [0.29, 0.717) is 0 Å². The average molecular weight is 891 g/mol. The second-order valence-electron chi connectivity index (χ2n) is 18.9. The summed E-state index contributed by atoms with van der Waals surface area (Å²) in [6, 6.07) is 0. The van der Waals surface area contributed by atoms with E-state index in [9.17, 15) is 14.4 Å². The molecule has 9 rings (SSSR count). The predicted molar refractivity (Wildman–Crippen MR) is 218 cm³/mol. The predicted octanol–water partition coefficient (Wildman–Crippen LogP) is 8.78. The normalized spacial score (nSPS) is 45.0. The Morgan fingerprint density at radius 2 is 0.509 bits per heavy atom. The van der Waals surface area contributed by atoms with Crippen molar-refractivity contribution in [3.05, 3.63) is 0 Å². The molecule has 19 heteroatoms. The van der Waals surface area contributed by atoms with Gasteiger partial charge in [-0.2, -0.15) is 0 Å². The topological polar surface area (TPSA) is 144 Å². The van der Waals surface area contributed by atoms with E-state index in [-0.39, 0.29) is 33.2 Å². The van der Waals surface area contributed by atoms with Crippen LogP contribution in [0.2, 0.25) is 33.2 Å². The van der Waals surface area contributed by atoms with E-state index in [1.54, 1.807) is 0 Å². The lowest BCUT2D eigenvalue weighted by atomic mass is 10.0. The fourth-order valence-corrected chi connectivity index (χ4v) is 50.8. The SMILES string of the molecule is O[Si]1O[Si]2(C3CCCCC3)O[Si](O)(C3CCCCC3)O[Si]3(C4CCCCC4)O[Si](O)(C4CCCCC4)O[Si](C4CCCCC4)(O1)O[Si](C1CCCCC1)(O2)O3. The van der Waals surface area contributed by atoms with Gasteiger partial charge in [0.05, 0.1) is 0 Å². The van der Waals surface area contributed by atoms with Crippen LogP contribution in [0.4, 0.5) is 0 Å². The zero-order valence-corrected chi connectivity index (χ0v) is 40.2. The molecule has 9 aliphatic rings. The van der Waals surface area contributed by atoms with Gasteiger partial charge in [0.25, 0.3) is 0 Å². The van der Waals surface area contributed by atoms with Crippen molar-refractivity contribution in [2.45, 2.75) is 226 Å². The van der Waals surface area contributed by atoms with Gasteiger partial charge in [-0.1, -0.05) is 116 Å². The summed E-state index contributed by atoms with van der Waals surface area (Å²) in [6.45, 7) is 0. The van der Waals surface area contributed by atoms with Crippen molar-refractivity contribution in [1.82, 2.24) is 0 Å². The van der Waals surface area contributed by atoms with Crippen molar-refractivity contribution in [2.75, 3.05) is 0 Å². The molecule has 1 radical (unpaired) electrons. The molecular formula is C36H69O12Si7. The second kappa shape index (κ2) is 17.1. The summed E-state index contributed by atoms with van der Waals surface area (Å²) in [5.41, 5.74) is -0.978. The highest BCUT2D eigenvalue weighted by Gasteiger charge is 2.81. The molecule has 0 aromatic carbocycles. The minimum Gasteiger partial charge on any atom is -0.390 e. The summed E-state index contributed by atoms with van der Waals surface area (Å²) in [7, 11) is -28.1. The van der Waals surface area contributed by atoms with Gasteiger partial charge in [0.15, 0.2) is 0 Å². The molecule has 4 bridgehead atoms. The zero-order valence-electron chi connectivity index (χ0n) is 33.2. The van der Waals surface area contributed by atoms with Gasteiger partial charge in [-0.15, -0.1) is 0 Å². The molecule has 0 amide bonds. The molecular weight excluding hydrogens is 821 g/mol. The molecule has 0 spiro atoms. The van der Waals surface area contributed by atoms with Crippen LogP contribution in [-0.4, -0.2) is 76.7 Å². The molecule has 4 unspecified atom stereocenters. The molecule has 12 nitrogen and oxygen atoms in total. The Morgan fingerprint density at radius 3 is 0.818 bits per heavy atom. The van der Waals surface area contributed by atoms with Crippen LogP contribution in [-0.2, 0) is 37.0 Å². The molecule has 55 heavy (non-hydrogen) atoms. The molecule has 3 saturated heterocycles. The second-order valence-corrected chi connectivity index (χ2v) is 39.0. The first-order valence-corrected chi connectivity index (χ1v) is 35.1. The minimum atomic E-state index is -4.30. The maximum Gasteiger partial charge on any atom is 0.558 e. The smallest absolute Gasteiger partial charge is 0.390 e. The molecule has 3 aliphatic heterocycles. The highest BCUT2D eigenvalue weighted by atomic mass is 28.6. The Labute approximate surface area is 338 Å². The first kappa shape index (κ1) is 41.4. The van der Waals surface area contributed by atoms with Crippen LogP contribution in [0.5, 0.6) is 0 Å². The third kappa shape index (κ3) is 8.24. The maximum atomic E-state index is 13.6. The fourth-order valence-electron chi connectivity index (χ4n) is 12.1. The Bertz CT molecular complexity index is 1220. The van der Waals surface area contributed by atoms with Crippen LogP contribution in [0.15, 0.2) is 0 Å². The summed E-state index contributed by atoms with van der Waals surface area (Å²) in [4.78, 5) is 39.6. The fraction of sp³-hybridized carbons (Fsp3) is 1.00. The Morgan fingerprint density at radius 1 is 0.291 bits per heavy atom. The van der Waals surface area contributed by atoms with Crippen LogP contribution >= 0.6 is 0 Å². The monoisotopic (exact) mass is 889 g/mol. The van der Waals surface area contributed by atoms with Gasteiger partial charge >= 0.3 is 62.4 Å². The van der Waals surface area contributed by atoms with Gasteiger partial charge < -0.3 is 51.4 Å². The Hall–Kier alpha value is 1.04. The largest absolute Gasteiger partial charge is 0.558 e. The van der Waals surface area contributed by atoms with Crippen molar-refractivity contribution >= 4 is 62.4 Å². The molecule has 3 N–H and O–H groups in total. The van der Waals surface area contributed by atoms with Gasteiger partial charge in [0, 0.05) is 33.2 Å². The van der Waals surface area contributed by atoms with Crippen LogP contribution in [0.1, 0.15) is 193 Å². The third-order valence-corrected chi connectivity index (χ3v) is 44.4. The summed E-state index contributed by atoms with van der Waals surface area (Å²) in [5.74, 6) is 0. The van der Waals surface area contributed by atoms with Crippen molar-refractivity contribution in [2.24, 2.45) is 0 Å². The summed E-state index contributed by atoms with van der Waals surface area (Å²) < 4.78 is 68.5. The van der Waals surface area contributed by atoms with Crippen LogP contribution in [0.25, 0.3) is 0 Å². The van der Waals surface area contributed by atoms with Gasteiger partial charge in [-0.25, -0.2) is 0 Å². The van der Waals surface area contributed by atoms with Gasteiger partial charge in [-0.3, -0.25) is 0 Å².